The highest BCUT2D eigenvalue weighted by atomic mass is 16.8. The average Bonchev–Trinajstić information content (AvgIpc) is 3.09. The maximum absolute atomic E-state index is 10.6. The Morgan fingerprint density at radius 3 is 2.03 bits per heavy atom. The average molecular weight is 522 g/mol. The lowest BCUT2D eigenvalue weighted by atomic mass is 9.99. The van der Waals surface area contributed by atoms with Gasteiger partial charge in [0.1, 0.15) is 60.6 Å². The van der Waals surface area contributed by atoms with E-state index in [4.69, 9.17) is 29.5 Å². The summed E-state index contributed by atoms with van der Waals surface area (Å²) >= 11 is 0. The lowest BCUT2D eigenvalue weighted by molar-refractivity contribution is -0.383. The first-order chi connectivity index (χ1) is 16.9. The Morgan fingerprint density at radius 2 is 1.53 bits per heavy atom. The van der Waals surface area contributed by atoms with Crippen molar-refractivity contribution in [1.82, 2.24) is 0 Å². The van der Waals surface area contributed by atoms with Crippen LogP contribution in [0.25, 0.3) is 0 Å². The summed E-state index contributed by atoms with van der Waals surface area (Å²) in [5.41, 5.74) is -0.0160. The van der Waals surface area contributed by atoms with Crippen molar-refractivity contribution in [2.45, 2.75) is 61.7 Å². The summed E-state index contributed by atoms with van der Waals surface area (Å²) in [6.45, 7) is -1.10. The Bertz CT molecular complexity index is 879. The molecule has 15 heteroatoms. The second-order valence-corrected chi connectivity index (χ2v) is 7.95. The quantitative estimate of drug-likeness (QED) is 0.122. The SMILES string of the molecule is CC(=O)Oc1ccccc1C(=O)O.OC[C@H]1O[C@@](CO)(O[C@H]2O[C@H](CO)[C@@H](O)[C@H](O)[C@H]2O)[C@@H](O)[C@@H]1O. The molecule has 2 fully saturated rings. The first-order valence-corrected chi connectivity index (χ1v) is 10.7. The molecule has 3 rings (SSSR count). The van der Waals surface area contributed by atoms with Crippen LogP contribution in [0.5, 0.6) is 5.75 Å². The first-order valence-electron chi connectivity index (χ1n) is 10.7. The van der Waals surface area contributed by atoms with E-state index in [2.05, 4.69) is 4.74 Å². The number of benzene rings is 1. The fourth-order valence-electron chi connectivity index (χ4n) is 3.52. The molecule has 2 aliphatic heterocycles. The number of esters is 1. The molecule has 0 amide bonds. The van der Waals surface area contributed by atoms with Crippen LogP contribution in [-0.2, 0) is 19.0 Å². The molecule has 0 unspecified atom stereocenters. The van der Waals surface area contributed by atoms with Crippen LogP contribution in [0.1, 0.15) is 17.3 Å². The zero-order valence-corrected chi connectivity index (χ0v) is 19.0. The summed E-state index contributed by atoms with van der Waals surface area (Å²) in [6.07, 6.45) is -12.7. The number of aliphatic hydroxyl groups excluding tert-OH is 8. The van der Waals surface area contributed by atoms with Crippen molar-refractivity contribution in [2.75, 3.05) is 19.8 Å². The molecule has 0 aliphatic carbocycles. The Morgan fingerprint density at radius 1 is 0.917 bits per heavy atom. The number of carboxylic acid groups (broad SMARTS) is 1. The molecule has 9 atom stereocenters. The number of carboxylic acids is 1. The summed E-state index contributed by atoms with van der Waals surface area (Å²) in [4.78, 5) is 21.2. The number of hydrogen-bond donors (Lipinski definition) is 9. The number of carbonyl (C=O) groups excluding carboxylic acids is 1. The Labute approximate surface area is 204 Å². The minimum atomic E-state index is -2.22. The molecule has 2 aliphatic rings. The summed E-state index contributed by atoms with van der Waals surface area (Å²) in [6, 6.07) is 5.98. The van der Waals surface area contributed by atoms with E-state index < -0.39 is 86.6 Å². The molecule has 0 spiro atoms. The molecular formula is C21H30O15. The van der Waals surface area contributed by atoms with Gasteiger partial charge in [-0.2, -0.15) is 0 Å². The number of carbonyl (C=O) groups is 2. The molecule has 1 aromatic carbocycles. The third kappa shape index (κ3) is 6.53. The van der Waals surface area contributed by atoms with Crippen LogP contribution in [0.2, 0.25) is 0 Å². The highest BCUT2D eigenvalue weighted by molar-refractivity contribution is 5.91. The molecule has 0 saturated carbocycles. The maximum atomic E-state index is 10.6. The second-order valence-electron chi connectivity index (χ2n) is 7.95. The van der Waals surface area contributed by atoms with Crippen molar-refractivity contribution >= 4 is 11.9 Å². The standard InChI is InChI=1S/C12H22O11.C9H8O4/c13-1-4-6(16)8(18)9(19)11(21-4)23-12(3-15)10(20)7(17)5(2-14)22-12;1-6(10)13-8-5-3-2-4-7(8)9(11)12/h4-11,13-20H,1-3H2;2-5H,1H3,(H,11,12)/t4-,5-,6-,7-,8+,9-,10+,11-,12+;/m1./s1. The van der Waals surface area contributed by atoms with Crippen LogP contribution < -0.4 is 4.74 Å². The molecule has 36 heavy (non-hydrogen) atoms. The van der Waals surface area contributed by atoms with E-state index in [9.17, 15) is 40.2 Å². The zero-order valence-electron chi connectivity index (χ0n) is 19.0. The van der Waals surface area contributed by atoms with Crippen LogP contribution in [0.4, 0.5) is 0 Å². The Balaban J connectivity index is 0.000000297. The maximum Gasteiger partial charge on any atom is 0.339 e. The lowest BCUT2D eigenvalue weighted by Crippen LogP contribution is -2.62. The molecule has 1 aromatic rings. The van der Waals surface area contributed by atoms with Crippen molar-refractivity contribution in [3.63, 3.8) is 0 Å². The molecular weight excluding hydrogens is 492 g/mol. The van der Waals surface area contributed by atoms with Gasteiger partial charge in [0.2, 0.25) is 5.79 Å². The smallest absolute Gasteiger partial charge is 0.339 e. The Hall–Kier alpha value is -2.28. The first kappa shape index (κ1) is 29.9. The summed E-state index contributed by atoms with van der Waals surface area (Å²) in [7, 11) is 0. The number of ether oxygens (including phenoxy) is 4. The van der Waals surface area contributed by atoms with Crippen LogP contribution in [0, 0.1) is 0 Å². The third-order valence-corrected chi connectivity index (χ3v) is 5.44. The number of aliphatic hydroxyl groups is 8. The van der Waals surface area contributed by atoms with Crippen molar-refractivity contribution in [3.8, 4) is 5.75 Å². The summed E-state index contributed by atoms with van der Waals surface area (Å²) in [5, 5.41) is 85.4. The van der Waals surface area contributed by atoms with Crippen LogP contribution in [0.3, 0.4) is 0 Å². The van der Waals surface area contributed by atoms with Gasteiger partial charge in [-0.1, -0.05) is 12.1 Å². The zero-order chi connectivity index (χ0) is 27.2. The largest absolute Gasteiger partial charge is 0.478 e. The molecule has 0 bridgehead atoms. The van der Waals surface area contributed by atoms with Gasteiger partial charge in [0.25, 0.3) is 0 Å². The minimum absolute atomic E-state index is 0.0160. The van der Waals surface area contributed by atoms with Gasteiger partial charge in [-0.15, -0.1) is 0 Å². The second kappa shape index (κ2) is 12.8. The van der Waals surface area contributed by atoms with Crippen molar-refractivity contribution < 1.29 is 74.5 Å². The Kier molecular flexibility index (Phi) is 10.6. The third-order valence-electron chi connectivity index (χ3n) is 5.44. The molecule has 2 heterocycles. The topological polar surface area (TPSA) is 253 Å². The van der Waals surface area contributed by atoms with E-state index in [1.165, 1.54) is 19.1 Å². The van der Waals surface area contributed by atoms with E-state index in [1.807, 2.05) is 0 Å². The minimum Gasteiger partial charge on any atom is -0.478 e. The molecule has 0 radical (unpaired) electrons. The van der Waals surface area contributed by atoms with E-state index in [0.29, 0.717) is 0 Å². The molecule has 204 valence electrons. The number of hydrogen-bond acceptors (Lipinski definition) is 14. The van der Waals surface area contributed by atoms with Crippen LogP contribution in [-0.4, -0.2) is 133 Å². The van der Waals surface area contributed by atoms with Gasteiger partial charge in [-0.25, -0.2) is 4.79 Å². The highest BCUT2D eigenvalue weighted by Crippen LogP contribution is 2.35. The number of aromatic carboxylic acids is 1. The van der Waals surface area contributed by atoms with E-state index >= 15 is 0 Å². The van der Waals surface area contributed by atoms with Gasteiger partial charge in [0.05, 0.1) is 13.2 Å². The predicted octanol–water partition coefficient (Wildman–Crippen LogP) is -4.09. The van der Waals surface area contributed by atoms with E-state index in [1.54, 1.807) is 12.1 Å². The molecule has 9 N–H and O–H groups in total. The normalized spacial score (nSPS) is 36.0. The predicted molar refractivity (Wildman–Crippen MR) is 113 cm³/mol. The van der Waals surface area contributed by atoms with Crippen LogP contribution in [0.15, 0.2) is 24.3 Å². The molecule has 2 saturated heterocycles. The van der Waals surface area contributed by atoms with Gasteiger partial charge in [-0.3, -0.25) is 4.79 Å². The van der Waals surface area contributed by atoms with Gasteiger partial charge < -0.3 is 64.9 Å². The summed E-state index contributed by atoms with van der Waals surface area (Å²) < 4.78 is 20.1. The van der Waals surface area contributed by atoms with E-state index in [0.717, 1.165) is 0 Å². The fraction of sp³-hybridized carbons (Fsp3) is 0.619. The van der Waals surface area contributed by atoms with Crippen LogP contribution >= 0.6 is 0 Å². The number of para-hydroxylation sites is 1. The fourth-order valence-corrected chi connectivity index (χ4v) is 3.52. The highest BCUT2D eigenvalue weighted by Gasteiger charge is 2.58. The van der Waals surface area contributed by atoms with Crippen molar-refractivity contribution in [1.29, 1.82) is 0 Å². The van der Waals surface area contributed by atoms with Crippen molar-refractivity contribution in [3.05, 3.63) is 29.8 Å². The summed E-state index contributed by atoms with van der Waals surface area (Å²) in [5.74, 6) is -3.80. The van der Waals surface area contributed by atoms with Crippen molar-refractivity contribution in [2.24, 2.45) is 0 Å². The van der Waals surface area contributed by atoms with Gasteiger partial charge in [0.15, 0.2) is 6.29 Å². The monoisotopic (exact) mass is 522 g/mol. The van der Waals surface area contributed by atoms with Gasteiger partial charge in [-0.05, 0) is 12.1 Å². The lowest BCUT2D eigenvalue weighted by Gasteiger charge is -2.43. The van der Waals surface area contributed by atoms with E-state index in [-0.39, 0.29) is 11.3 Å². The molecule has 15 nitrogen and oxygen atoms in total. The van der Waals surface area contributed by atoms with Gasteiger partial charge >= 0.3 is 11.9 Å². The van der Waals surface area contributed by atoms with Gasteiger partial charge in [0, 0.05) is 6.92 Å². The number of rotatable bonds is 7. The molecule has 0 aromatic heterocycles.